The van der Waals surface area contributed by atoms with Crippen LogP contribution >= 0.6 is 11.6 Å². The molecule has 0 radical (unpaired) electrons. The van der Waals surface area contributed by atoms with Gasteiger partial charge in [0.25, 0.3) is 0 Å². The Bertz CT molecular complexity index is 1050. The highest BCUT2D eigenvalue weighted by Gasteiger charge is 2.44. The lowest BCUT2D eigenvalue weighted by atomic mass is 9.92. The number of aliphatic hydroxyl groups is 3. The van der Waals surface area contributed by atoms with Crippen LogP contribution in [0.1, 0.15) is 29.7 Å². The molecule has 0 saturated carbocycles. The van der Waals surface area contributed by atoms with E-state index in [1.54, 1.807) is 37.3 Å². The molecule has 2 aromatic rings. The van der Waals surface area contributed by atoms with Crippen LogP contribution in [0.2, 0.25) is 5.02 Å². The van der Waals surface area contributed by atoms with Crippen molar-refractivity contribution in [2.24, 2.45) is 0 Å². The molecule has 0 spiro atoms. The summed E-state index contributed by atoms with van der Waals surface area (Å²) < 4.78 is 41.6. The van der Waals surface area contributed by atoms with Crippen LogP contribution in [0.5, 0.6) is 5.75 Å². The maximum absolute atomic E-state index is 11.4. The van der Waals surface area contributed by atoms with E-state index in [0.717, 1.165) is 11.1 Å². The molecule has 3 rings (SSSR count). The van der Waals surface area contributed by atoms with Crippen LogP contribution < -0.4 is 9.46 Å². The van der Waals surface area contributed by atoms with Crippen LogP contribution in [-0.2, 0) is 25.9 Å². The Balaban J connectivity index is 1.65. The minimum Gasteiger partial charge on any atom is -0.492 e. The van der Waals surface area contributed by atoms with E-state index in [1.807, 2.05) is 12.1 Å². The normalized spacial score (nSPS) is 25.3. The second-order valence-corrected chi connectivity index (χ2v) is 10.5. The van der Waals surface area contributed by atoms with E-state index >= 15 is 0 Å². The number of sulfonamides is 1. The third kappa shape index (κ3) is 6.67. The molecule has 0 bridgehead atoms. The molecule has 2 aromatic carbocycles. The number of nitrogens with one attached hydrogen (secondary N) is 1. The largest absolute Gasteiger partial charge is 0.492 e. The zero-order valence-electron chi connectivity index (χ0n) is 18.9. The Labute approximate surface area is 204 Å². The Morgan fingerprint density at radius 3 is 2.41 bits per heavy atom. The molecule has 0 aliphatic carbocycles. The highest BCUT2D eigenvalue weighted by Crippen LogP contribution is 2.34. The molecule has 1 aliphatic heterocycles. The van der Waals surface area contributed by atoms with Crippen LogP contribution in [0.3, 0.4) is 0 Å². The van der Waals surface area contributed by atoms with Crippen LogP contribution in [0.15, 0.2) is 42.5 Å². The molecule has 4 N–H and O–H groups in total. The van der Waals surface area contributed by atoms with Gasteiger partial charge in [-0.15, -0.1) is 0 Å². The van der Waals surface area contributed by atoms with E-state index in [0.29, 0.717) is 22.8 Å². The highest BCUT2D eigenvalue weighted by molar-refractivity contribution is 7.89. The van der Waals surface area contributed by atoms with Gasteiger partial charge in [-0.1, -0.05) is 35.9 Å². The molecule has 11 heteroatoms. The van der Waals surface area contributed by atoms with Crippen LogP contribution in [-0.4, -0.2) is 74.4 Å². The first-order valence-electron chi connectivity index (χ1n) is 10.8. The van der Waals surface area contributed by atoms with E-state index in [9.17, 15) is 23.7 Å². The zero-order chi connectivity index (χ0) is 24.9. The fourth-order valence-corrected chi connectivity index (χ4v) is 4.40. The lowest BCUT2D eigenvalue weighted by molar-refractivity contribution is -0.292. The van der Waals surface area contributed by atoms with Gasteiger partial charge in [0.15, 0.2) is 6.29 Å². The lowest BCUT2D eigenvalue weighted by Gasteiger charge is -2.40. The SMILES string of the molecule is CCS(=O)(=O)NCCOc1ccc(Cc2cc(C3OC(OC)C(O)C(O)C3O)ccc2Cl)cc1. The average Bonchev–Trinajstić information content (AvgIpc) is 2.83. The quantitative estimate of drug-likeness (QED) is 0.349. The molecule has 0 aromatic heterocycles. The third-order valence-corrected chi connectivity index (χ3v) is 7.36. The topological polar surface area (TPSA) is 135 Å². The van der Waals surface area contributed by atoms with Gasteiger partial charge in [0.1, 0.15) is 36.8 Å². The number of ether oxygens (including phenoxy) is 3. The summed E-state index contributed by atoms with van der Waals surface area (Å²) in [4.78, 5) is 0. The standard InChI is InChI=1S/C23H30ClNO8S/c1-3-34(29,30)25-10-11-32-17-7-4-14(5-8-17)12-16-13-15(6-9-18(16)24)22-20(27)19(26)21(28)23(31-2)33-22/h4-9,13,19-23,25-28H,3,10-12H2,1-2H3. The number of methoxy groups -OCH3 is 1. The smallest absolute Gasteiger partial charge is 0.211 e. The summed E-state index contributed by atoms with van der Waals surface area (Å²) in [5.74, 6) is 0.628. The van der Waals surface area contributed by atoms with E-state index in [4.69, 9.17) is 25.8 Å². The number of halogens is 1. The van der Waals surface area contributed by atoms with Gasteiger partial charge in [-0.3, -0.25) is 0 Å². The number of hydrogen-bond acceptors (Lipinski definition) is 8. The average molecular weight is 516 g/mol. The predicted molar refractivity (Wildman–Crippen MR) is 126 cm³/mol. The first kappa shape index (κ1) is 26.8. The van der Waals surface area contributed by atoms with Crippen molar-refractivity contribution in [3.8, 4) is 5.75 Å². The number of benzene rings is 2. The molecule has 34 heavy (non-hydrogen) atoms. The summed E-state index contributed by atoms with van der Waals surface area (Å²) in [6.45, 7) is 1.96. The van der Waals surface area contributed by atoms with Crippen LogP contribution in [0.4, 0.5) is 0 Å². The van der Waals surface area contributed by atoms with Crippen molar-refractivity contribution in [2.75, 3.05) is 26.0 Å². The Morgan fingerprint density at radius 1 is 1.06 bits per heavy atom. The van der Waals surface area contributed by atoms with Gasteiger partial charge >= 0.3 is 0 Å². The van der Waals surface area contributed by atoms with Gasteiger partial charge in [0.2, 0.25) is 10.0 Å². The molecule has 9 nitrogen and oxygen atoms in total. The summed E-state index contributed by atoms with van der Waals surface area (Å²) in [5, 5.41) is 31.1. The molecule has 0 amide bonds. The van der Waals surface area contributed by atoms with E-state index in [1.165, 1.54) is 7.11 Å². The highest BCUT2D eigenvalue weighted by atomic mass is 35.5. The number of hydrogen-bond donors (Lipinski definition) is 4. The summed E-state index contributed by atoms with van der Waals surface area (Å²) in [6.07, 6.45) is -5.62. The monoisotopic (exact) mass is 515 g/mol. The Morgan fingerprint density at radius 2 is 1.76 bits per heavy atom. The van der Waals surface area contributed by atoms with Gasteiger partial charge in [-0.05, 0) is 48.2 Å². The fourth-order valence-electron chi connectivity index (χ4n) is 3.62. The third-order valence-electron chi connectivity index (χ3n) is 5.59. The van der Waals surface area contributed by atoms with E-state index in [-0.39, 0.29) is 18.9 Å². The molecule has 1 fully saturated rings. The van der Waals surface area contributed by atoms with Gasteiger partial charge in [0, 0.05) is 18.7 Å². The molecular weight excluding hydrogens is 486 g/mol. The van der Waals surface area contributed by atoms with Crippen LogP contribution in [0, 0.1) is 0 Å². The molecule has 1 aliphatic rings. The van der Waals surface area contributed by atoms with E-state index < -0.39 is 40.7 Å². The molecule has 5 atom stereocenters. The van der Waals surface area contributed by atoms with Gasteiger partial charge in [0.05, 0.1) is 5.75 Å². The van der Waals surface area contributed by atoms with E-state index in [2.05, 4.69) is 4.72 Å². The maximum Gasteiger partial charge on any atom is 0.211 e. The maximum atomic E-state index is 11.4. The van der Waals surface area contributed by atoms with Crippen molar-refractivity contribution in [1.82, 2.24) is 4.72 Å². The van der Waals surface area contributed by atoms with Crippen molar-refractivity contribution in [3.05, 3.63) is 64.2 Å². The Kier molecular flexibility index (Phi) is 9.30. The first-order valence-corrected chi connectivity index (χ1v) is 12.9. The number of rotatable bonds is 10. The molecule has 188 valence electrons. The van der Waals surface area contributed by atoms with Crippen LogP contribution in [0.25, 0.3) is 0 Å². The molecule has 5 unspecified atom stereocenters. The van der Waals surface area contributed by atoms with Crippen molar-refractivity contribution < 1.29 is 37.9 Å². The van der Waals surface area contributed by atoms with Gasteiger partial charge in [-0.2, -0.15) is 0 Å². The van der Waals surface area contributed by atoms with Crippen molar-refractivity contribution >= 4 is 21.6 Å². The Hall–Kier alpha value is -1.76. The fraction of sp³-hybridized carbons (Fsp3) is 0.478. The molecular formula is C23H30ClNO8S. The van der Waals surface area contributed by atoms with Crippen molar-refractivity contribution in [2.45, 2.75) is 44.1 Å². The van der Waals surface area contributed by atoms with Gasteiger partial charge in [-0.25, -0.2) is 13.1 Å². The minimum atomic E-state index is -3.25. The zero-order valence-corrected chi connectivity index (χ0v) is 20.5. The summed E-state index contributed by atoms with van der Waals surface area (Å²) in [6, 6.07) is 12.5. The minimum absolute atomic E-state index is 0.0206. The summed E-state index contributed by atoms with van der Waals surface area (Å²) >= 11 is 6.40. The van der Waals surface area contributed by atoms with Crippen molar-refractivity contribution in [3.63, 3.8) is 0 Å². The molecule has 1 saturated heterocycles. The number of aliphatic hydroxyl groups excluding tert-OH is 3. The summed E-state index contributed by atoms with van der Waals surface area (Å²) in [5.41, 5.74) is 2.33. The van der Waals surface area contributed by atoms with Gasteiger partial charge < -0.3 is 29.5 Å². The second-order valence-electron chi connectivity index (χ2n) is 7.95. The second kappa shape index (κ2) is 11.8. The molecule has 1 heterocycles. The predicted octanol–water partition coefficient (Wildman–Crippen LogP) is 1.38. The lowest BCUT2D eigenvalue weighted by Crippen LogP contribution is -2.54. The first-order chi connectivity index (χ1) is 16.1. The summed E-state index contributed by atoms with van der Waals surface area (Å²) in [7, 11) is -1.90. The van der Waals surface area contributed by atoms with Crippen molar-refractivity contribution in [1.29, 1.82) is 0 Å².